The molecule has 2 aromatic heterocycles. The number of anilines is 3. The van der Waals surface area contributed by atoms with Crippen LogP contribution >= 0.6 is 0 Å². The third-order valence-electron chi connectivity index (χ3n) is 12.8. The number of benzene rings is 9. The third-order valence-corrected chi connectivity index (χ3v) is 12.8. The van der Waals surface area contributed by atoms with Crippen LogP contribution in [-0.4, -0.2) is 4.57 Å². The van der Waals surface area contributed by atoms with E-state index in [2.05, 4.69) is 230 Å². The Morgan fingerprint density at radius 1 is 0.417 bits per heavy atom. The average Bonchev–Trinajstić information content (AvgIpc) is 3.92. The van der Waals surface area contributed by atoms with E-state index in [1.165, 1.54) is 60.8 Å². The van der Waals surface area contributed by atoms with Crippen LogP contribution in [0.2, 0.25) is 0 Å². The molecule has 12 rings (SSSR count). The molecule has 284 valence electrons. The monoisotopic (exact) mass is 768 g/mol. The van der Waals surface area contributed by atoms with Gasteiger partial charge in [-0.1, -0.05) is 135 Å². The van der Waals surface area contributed by atoms with Crippen molar-refractivity contribution in [3.05, 3.63) is 217 Å². The standard InChI is InChI=1S/C57H40N2O/c1-57(2)49-35-40(37-15-6-3-7-16-37)25-29-44(49)45-30-28-43(36-50(45)57)58(41-17-8-4-9-18-41)53-23-14-24-55-56(53)48-34-39(27-32-54(48)60-55)38-26-31-52-47(33-38)46-21-12-13-22-51(46)59(52)42-19-10-5-11-20-42/h3-36H,1-2H3. The van der Waals surface area contributed by atoms with Gasteiger partial charge >= 0.3 is 0 Å². The molecule has 3 heteroatoms. The molecule has 1 aliphatic carbocycles. The fraction of sp³-hybridized carbons (Fsp3) is 0.0526. The summed E-state index contributed by atoms with van der Waals surface area (Å²) in [6.07, 6.45) is 0. The highest BCUT2D eigenvalue weighted by Gasteiger charge is 2.36. The van der Waals surface area contributed by atoms with E-state index in [9.17, 15) is 0 Å². The Balaban J connectivity index is 1.01. The molecule has 9 aromatic carbocycles. The first-order valence-electron chi connectivity index (χ1n) is 20.8. The molecule has 0 saturated carbocycles. The van der Waals surface area contributed by atoms with Gasteiger partial charge in [0, 0.05) is 38.6 Å². The summed E-state index contributed by atoms with van der Waals surface area (Å²) >= 11 is 0. The number of rotatable bonds is 6. The van der Waals surface area contributed by atoms with Crippen LogP contribution in [0.3, 0.4) is 0 Å². The summed E-state index contributed by atoms with van der Waals surface area (Å²) in [7, 11) is 0. The normalized spacial score (nSPS) is 13.0. The smallest absolute Gasteiger partial charge is 0.137 e. The summed E-state index contributed by atoms with van der Waals surface area (Å²) < 4.78 is 9.02. The second-order valence-corrected chi connectivity index (χ2v) is 16.5. The van der Waals surface area contributed by atoms with Crippen LogP contribution in [0.15, 0.2) is 211 Å². The quantitative estimate of drug-likeness (QED) is 0.168. The molecule has 0 spiro atoms. The van der Waals surface area contributed by atoms with Gasteiger partial charge in [0.15, 0.2) is 0 Å². The third kappa shape index (κ3) is 5.22. The zero-order valence-electron chi connectivity index (χ0n) is 33.4. The maximum Gasteiger partial charge on any atom is 0.137 e. The van der Waals surface area contributed by atoms with Crippen molar-refractivity contribution < 1.29 is 4.42 Å². The van der Waals surface area contributed by atoms with E-state index in [4.69, 9.17) is 4.42 Å². The SMILES string of the molecule is CC1(C)c2cc(-c3ccccc3)ccc2-c2ccc(N(c3ccccc3)c3cccc4oc5ccc(-c6ccc7c(c6)c6ccccc6n7-c6ccccc6)cc5c34)cc21. The number of para-hydroxylation sites is 3. The van der Waals surface area contributed by atoms with Crippen molar-refractivity contribution in [3.8, 4) is 39.1 Å². The second-order valence-electron chi connectivity index (χ2n) is 16.5. The van der Waals surface area contributed by atoms with Crippen molar-refractivity contribution >= 4 is 60.8 Å². The predicted octanol–water partition coefficient (Wildman–Crippen LogP) is 15.8. The fourth-order valence-corrected chi connectivity index (χ4v) is 9.86. The summed E-state index contributed by atoms with van der Waals surface area (Å²) in [5, 5.41) is 4.66. The Morgan fingerprint density at radius 3 is 1.83 bits per heavy atom. The lowest BCUT2D eigenvalue weighted by molar-refractivity contribution is 0.660. The summed E-state index contributed by atoms with van der Waals surface area (Å²) in [6.45, 7) is 4.73. The first-order chi connectivity index (χ1) is 29.5. The molecule has 0 saturated heterocycles. The van der Waals surface area contributed by atoms with Gasteiger partial charge in [-0.2, -0.15) is 0 Å². The molecule has 0 fully saturated rings. The maximum atomic E-state index is 6.65. The van der Waals surface area contributed by atoms with Crippen LogP contribution in [-0.2, 0) is 5.41 Å². The summed E-state index contributed by atoms with van der Waals surface area (Å²) in [5.74, 6) is 0. The van der Waals surface area contributed by atoms with E-state index in [-0.39, 0.29) is 5.41 Å². The molecule has 1 aliphatic rings. The van der Waals surface area contributed by atoms with Crippen molar-refractivity contribution in [2.45, 2.75) is 19.3 Å². The minimum absolute atomic E-state index is 0.189. The van der Waals surface area contributed by atoms with Crippen LogP contribution < -0.4 is 4.90 Å². The van der Waals surface area contributed by atoms with Gasteiger partial charge in [-0.25, -0.2) is 0 Å². The topological polar surface area (TPSA) is 21.3 Å². The van der Waals surface area contributed by atoms with Gasteiger partial charge < -0.3 is 13.9 Å². The van der Waals surface area contributed by atoms with Gasteiger partial charge in [-0.15, -0.1) is 0 Å². The van der Waals surface area contributed by atoms with Crippen LogP contribution in [0.1, 0.15) is 25.0 Å². The molecular formula is C57H40N2O. The molecule has 0 amide bonds. The molecule has 0 radical (unpaired) electrons. The average molecular weight is 769 g/mol. The highest BCUT2D eigenvalue weighted by atomic mass is 16.3. The fourth-order valence-electron chi connectivity index (χ4n) is 9.86. The minimum atomic E-state index is -0.189. The lowest BCUT2D eigenvalue weighted by Gasteiger charge is -2.28. The summed E-state index contributed by atoms with van der Waals surface area (Å²) in [6, 6.07) is 74.8. The van der Waals surface area contributed by atoms with E-state index in [0.29, 0.717) is 0 Å². The van der Waals surface area contributed by atoms with Gasteiger partial charge in [0.25, 0.3) is 0 Å². The zero-order chi connectivity index (χ0) is 40.0. The van der Waals surface area contributed by atoms with E-state index >= 15 is 0 Å². The first-order valence-corrected chi connectivity index (χ1v) is 20.8. The van der Waals surface area contributed by atoms with Crippen LogP contribution in [0.5, 0.6) is 0 Å². The van der Waals surface area contributed by atoms with Gasteiger partial charge in [-0.3, -0.25) is 0 Å². The van der Waals surface area contributed by atoms with Gasteiger partial charge in [0.05, 0.1) is 22.1 Å². The molecule has 0 aliphatic heterocycles. The zero-order valence-corrected chi connectivity index (χ0v) is 33.4. The molecule has 60 heavy (non-hydrogen) atoms. The lowest BCUT2D eigenvalue weighted by atomic mass is 9.81. The van der Waals surface area contributed by atoms with Crippen LogP contribution in [0, 0.1) is 0 Å². The summed E-state index contributed by atoms with van der Waals surface area (Å²) in [5.41, 5.74) is 18.5. The Hall–Kier alpha value is -7.62. The Labute approximate surface area is 349 Å². The van der Waals surface area contributed by atoms with E-state index in [1.807, 2.05) is 0 Å². The van der Waals surface area contributed by atoms with E-state index < -0.39 is 0 Å². The van der Waals surface area contributed by atoms with E-state index in [0.717, 1.165) is 50.3 Å². The highest BCUT2D eigenvalue weighted by Crippen LogP contribution is 2.52. The molecule has 11 aromatic rings. The van der Waals surface area contributed by atoms with Gasteiger partial charge in [0.1, 0.15) is 11.2 Å². The van der Waals surface area contributed by atoms with Gasteiger partial charge in [0.2, 0.25) is 0 Å². The van der Waals surface area contributed by atoms with E-state index in [1.54, 1.807) is 0 Å². The van der Waals surface area contributed by atoms with Gasteiger partial charge in [-0.05, 0) is 129 Å². The molecule has 3 nitrogen and oxygen atoms in total. The van der Waals surface area contributed by atoms with Crippen LogP contribution in [0.25, 0.3) is 82.8 Å². The number of furan rings is 1. The number of nitrogens with zero attached hydrogens (tertiary/aromatic N) is 2. The van der Waals surface area contributed by atoms with Crippen LogP contribution in [0.4, 0.5) is 17.1 Å². The first kappa shape index (κ1) is 34.4. The minimum Gasteiger partial charge on any atom is -0.456 e. The molecule has 0 atom stereocenters. The summed E-state index contributed by atoms with van der Waals surface area (Å²) in [4.78, 5) is 2.41. The Morgan fingerprint density at radius 2 is 1.03 bits per heavy atom. The molecule has 0 bridgehead atoms. The number of hydrogen-bond acceptors (Lipinski definition) is 2. The van der Waals surface area contributed by atoms with Crippen molar-refractivity contribution in [1.29, 1.82) is 0 Å². The molecular weight excluding hydrogens is 729 g/mol. The molecule has 0 unspecified atom stereocenters. The highest BCUT2D eigenvalue weighted by molar-refractivity contribution is 6.15. The molecule has 2 heterocycles. The van der Waals surface area contributed by atoms with Crippen molar-refractivity contribution in [2.75, 3.05) is 4.90 Å². The van der Waals surface area contributed by atoms with Crippen molar-refractivity contribution in [2.24, 2.45) is 0 Å². The number of fused-ring (bicyclic) bond motifs is 9. The van der Waals surface area contributed by atoms with Crippen molar-refractivity contribution in [1.82, 2.24) is 4.57 Å². The molecule has 0 N–H and O–H groups in total. The predicted molar refractivity (Wildman–Crippen MR) is 251 cm³/mol. The number of aromatic nitrogens is 1. The Bertz CT molecular complexity index is 3450. The maximum absolute atomic E-state index is 6.65. The largest absolute Gasteiger partial charge is 0.456 e. The lowest BCUT2D eigenvalue weighted by Crippen LogP contribution is -2.16. The van der Waals surface area contributed by atoms with Crippen molar-refractivity contribution in [3.63, 3.8) is 0 Å². The Kier molecular flexibility index (Phi) is 7.58. The number of hydrogen-bond donors (Lipinski definition) is 0. The second kappa shape index (κ2) is 13.2.